The Morgan fingerprint density at radius 3 is 2.33 bits per heavy atom. The quantitative estimate of drug-likeness (QED) is 0.419. The number of piperidine rings is 2. The van der Waals surface area contributed by atoms with E-state index in [2.05, 4.69) is 24.9 Å². The first kappa shape index (κ1) is 26.9. The standard InChI is InChI=1S/C27H33F2N7O3S/c28-27(29)10-14-35(15-11-27)25-3-1-2-21(30-25)22-19-36(33-31-22)23-5-4-20(32-40(38,39)17-16-37)18-24(23)34-12-8-26(6-7-26)9-13-34/h1-5,18-19,32,37H,6-17H2. The van der Waals surface area contributed by atoms with E-state index in [0.717, 1.165) is 37.3 Å². The first-order valence-electron chi connectivity index (χ1n) is 13.7. The summed E-state index contributed by atoms with van der Waals surface area (Å²) in [5.74, 6) is -2.38. The second-order valence-electron chi connectivity index (χ2n) is 11.1. The fraction of sp³-hybridized carbons (Fsp3) is 0.519. The van der Waals surface area contributed by atoms with E-state index in [0.29, 0.717) is 28.3 Å². The van der Waals surface area contributed by atoms with Gasteiger partial charge in [-0.25, -0.2) is 26.9 Å². The molecule has 1 spiro atoms. The Morgan fingerprint density at radius 2 is 1.62 bits per heavy atom. The SMILES string of the molecule is O=S(=O)(CCO)Nc1ccc(-n2cc(-c3cccc(N4CCC(F)(F)CC4)n3)nn2)c(N2CCC3(CC2)CC3)c1. The molecule has 3 fully saturated rings. The van der Waals surface area contributed by atoms with Crippen molar-refractivity contribution in [2.45, 2.75) is 44.4 Å². The maximum absolute atomic E-state index is 13.6. The van der Waals surface area contributed by atoms with E-state index in [4.69, 9.17) is 5.11 Å². The van der Waals surface area contributed by atoms with Gasteiger partial charge in [0.2, 0.25) is 10.0 Å². The predicted molar refractivity (Wildman–Crippen MR) is 149 cm³/mol. The minimum Gasteiger partial charge on any atom is -0.395 e. The van der Waals surface area contributed by atoms with E-state index in [1.54, 1.807) is 16.9 Å². The summed E-state index contributed by atoms with van der Waals surface area (Å²) < 4.78 is 56.1. The van der Waals surface area contributed by atoms with Crippen LogP contribution in [0.3, 0.4) is 0 Å². The third kappa shape index (κ3) is 5.75. The summed E-state index contributed by atoms with van der Waals surface area (Å²) in [6.07, 6.45) is 6.12. The van der Waals surface area contributed by atoms with Crippen molar-refractivity contribution in [1.82, 2.24) is 20.0 Å². The Kier molecular flexibility index (Phi) is 6.89. The summed E-state index contributed by atoms with van der Waals surface area (Å²) >= 11 is 0. The zero-order valence-electron chi connectivity index (χ0n) is 22.1. The first-order chi connectivity index (χ1) is 19.1. The minimum atomic E-state index is -3.68. The molecular weight excluding hydrogens is 540 g/mol. The molecule has 0 atom stereocenters. The number of alkyl halides is 2. The highest BCUT2D eigenvalue weighted by Gasteiger charge is 2.44. The summed E-state index contributed by atoms with van der Waals surface area (Å²) in [6.45, 7) is 1.74. The third-order valence-corrected chi connectivity index (χ3v) is 9.55. The molecular formula is C27H33F2N7O3S. The van der Waals surface area contributed by atoms with Crippen molar-refractivity contribution >= 4 is 27.2 Å². The molecule has 1 aromatic carbocycles. The number of halogens is 2. The summed E-state index contributed by atoms with van der Waals surface area (Å²) in [6, 6.07) is 10.8. The van der Waals surface area contributed by atoms with Crippen LogP contribution in [0.4, 0.5) is 26.0 Å². The van der Waals surface area contributed by atoms with Gasteiger partial charge in [0.05, 0.1) is 41.3 Å². The highest BCUT2D eigenvalue weighted by atomic mass is 32.2. The van der Waals surface area contributed by atoms with Crippen LogP contribution in [0.15, 0.2) is 42.6 Å². The monoisotopic (exact) mass is 573 g/mol. The number of benzene rings is 1. The van der Waals surface area contributed by atoms with E-state index >= 15 is 0 Å². The van der Waals surface area contributed by atoms with E-state index in [1.807, 2.05) is 35.2 Å². The van der Waals surface area contributed by atoms with Crippen LogP contribution >= 0.6 is 0 Å². The number of hydrogen-bond donors (Lipinski definition) is 2. The van der Waals surface area contributed by atoms with Crippen LogP contribution < -0.4 is 14.5 Å². The summed E-state index contributed by atoms with van der Waals surface area (Å²) in [5, 5.41) is 17.8. The van der Waals surface area contributed by atoms with Crippen LogP contribution in [0.2, 0.25) is 0 Å². The second kappa shape index (κ2) is 10.3. The fourth-order valence-corrected chi connectivity index (χ4v) is 6.42. The number of aliphatic hydroxyl groups excluding tert-OH is 1. The van der Waals surface area contributed by atoms with Crippen LogP contribution in [-0.2, 0) is 10.0 Å². The maximum Gasteiger partial charge on any atom is 0.251 e. The topological polar surface area (TPSA) is 116 Å². The van der Waals surface area contributed by atoms with Gasteiger partial charge in [-0.1, -0.05) is 11.3 Å². The highest BCUT2D eigenvalue weighted by Crippen LogP contribution is 2.54. The average molecular weight is 574 g/mol. The van der Waals surface area contributed by atoms with Gasteiger partial charge in [-0.15, -0.1) is 5.10 Å². The van der Waals surface area contributed by atoms with Crippen LogP contribution in [-0.4, -0.2) is 78.0 Å². The van der Waals surface area contributed by atoms with E-state index in [-0.39, 0.29) is 31.7 Å². The lowest BCUT2D eigenvalue weighted by Gasteiger charge is -2.35. The lowest BCUT2D eigenvalue weighted by Crippen LogP contribution is -2.39. The first-order valence-corrected chi connectivity index (χ1v) is 15.3. The number of nitrogens with zero attached hydrogens (tertiary/aromatic N) is 6. The van der Waals surface area contributed by atoms with Gasteiger partial charge in [0.1, 0.15) is 11.5 Å². The molecule has 214 valence electrons. The number of pyridine rings is 1. The Balaban J connectivity index is 1.28. The molecule has 6 rings (SSSR count). The second-order valence-corrected chi connectivity index (χ2v) is 12.9. The van der Waals surface area contributed by atoms with Gasteiger partial charge in [-0.05, 0) is 61.4 Å². The van der Waals surface area contributed by atoms with Gasteiger partial charge < -0.3 is 14.9 Å². The Hall–Kier alpha value is -3.32. The average Bonchev–Trinajstić information content (AvgIpc) is 3.49. The summed E-state index contributed by atoms with van der Waals surface area (Å²) in [7, 11) is -3.68. The van der Waals surface area contributed by atoms with Crippen LogP contribution in [0, 0.1) is 5.41 Å². The lowest BCUT2D eigenvalue weighted by molar-refractivity contribution is -0.0221. The van der Waals surface area contributed by atoms with Gasteiger partial charge >= 0.3 is 0 Å². The Morgan fingerprint density at radius 1 is 0.900 bits per heavy atom. The van der Waals surface area contributed by atoms with E-state index in [1.165, 1.54) is 12.8 Å². The fourth-order valence-electron chi connectivity index (χ4n) is 5.59. The zero-order valence-corrected chi connectivity index (χ0v) is 23.0. The number of rotatable bonds is 8. The molecule has 2 saturated heterocycles. The third-order valence-electron chi connectivity index (χ3n) is 8.29. The zero-order chi connectivity index (χ0) is 28.0. The largest absolute Gasteiger partial charge is 0.395 e. The molecule has 0 radical (unpaired) electrons. The summed E-state index contributed by atoms with van der Waals surface area (Å²) in [4.78, 5) is 8.81. The summed E-state index contributed by atoms with van der Waals surface area (Å²) in [5.41, 5.74) is 3.61. The van der Waals surface area contributed by atoms with Crippen molar-refractivity contribution < 1.29 is 22.3 Å². The molecule has 4 heterocycles. The van der Waals surface area contributed by atoms with E-state index in [9.17, 15) is 17.2 Å². The van der Waals surface area contributed by atoms with Crippen molar-refractivity contribution in [3.8, 4) is 17.1 Å². The van der Waals surface area contributed by atoms with Gasteiger partial charge in [0.25, 0.3) is 5.92 Å². The number of anilines is 3. The van der Waals surface area contributed by atoms with Crippen molar-refractivity contribution in [2.75, 3.05) is 53.1 Å². The molecule has 0 amide bonds. The molecule has 2 aromatic heterocycles. The molecule has 13 heteroatoms. The van der Waals surface area contributed by atoms with Gasteiger partial charge in [-0.2, -0.15) is 0 Å². The number of nitrogens with one attached hydrogen (secondary N) is 1. The molecule has 0 unspecified atom stereocenters. The molecule has 2 aliphatic heterocycles. The number of aromatic nitrogens is 4. The lowest BCUT2D eigenvalue weighted by atomic mass is 9.93. The molecule has 3 aromatic rings. The smallest absolute Gasteiger partial charge is 0.251 e. The van der Waals surface area contributed by atoms with Crippen molar-refractivity contribution in [3.05, 3.63) is 42.6 Å². The van der Waals surface area contributed by atoms with Gasteiger partial charge in [0, 0.05) is 39.0 Å². The minimum absolute atomic E-state index is 0.193. The number of hydrogen-bond acceptors (Lipinski definition) is 8. The predicted octanol–water partition coefficient (Wildman–Crippen LogP) is 3.68. The van der Waals surface area contributed by atoms with Gasteiger partial charge in [-0.3, -0.25) is 4.72 Å². The van der Waals surface area contributed by atoms with Crippen LogP contribution in [0.1, 0.15) is 38.5 Å². The normalized spacial score (nSPS) is 20.1. The molecule has 40 heavy (non-hydrogen) atoms. The van der Waals surface area contributed by atoms with Crippen molar-refractivity contribution in [3.63, 3.8) is 0 Å². The van der Waals surface area contributed by atoms with Crippen LogP contribution in [0.5, 0.6) is 0 Å². The molecule has 0 bridgehead atoms. The van der Waals surface area contributed by atoms with Crippen molar-refractivity contribution in [1.29, 1.82) is 0 Å². The highest BCUT2D eigenvalue weighted by molar-refractivity contribution is 7.92. The molecule has 1 aliphatic carbocycles. The maximum atomic E-state index is 13.6. The molecule has 2 N–H and O–H groups in total. The number of aliphatic hydroxyl groups is 1. The number of sulfonamides is 1. The molecule has 10 nitrogen and oxygen atoms in total. The van der Waals surface area contributed by atoms with Gasteiger partial charge in [0.15, 0.2) is 0 Å². The Labute approximate surface area is 232 Å². The molecule has 3 aliphatic rings. The van der Waals surface area contributed by atoms with E-state index < -0.39 is 22.6 Å². The van der Waals surface area contributed by atoms with Crippen molar-refractivity contribution in [2.24, 2.45) is 5.41 Å². The molecule has 1 saturated carbocycles. The Bertz CT molecular complexity index is 1470. The van der Waals surface area contributed by atoms with Crippen LogP contribution in [0.25, 0.3) is 17.1 Å².